The number of nitrogens with zero attached hydrogens (tertiary/aromatic N) is 4. The first-order valence-corrected chi connectivity index (χ1v) is 8.86. The van der Waals surface area contributed by atoms with Gasteiger partial charge in [-0.25, -0.2) is 0 Å². The lowest BCUT2D eigenvalue weighted by Gasteiger charge is -2.11. The minimum absolute atomic E-state index is 0.0594. The number of hydrogen-bond acceptors (Lipinski definition) is 8. The molecule has 2 heterocycles. The Morgan fingerprint density at radius 2 is 1.89 bits per heavy atom. The highest BCUT2D eigenvalue weighted by Crippen LogP contribution is 2.24. The highest BCUT2D eigenvalue weighted by Gasteiger charge is 2.21. The van der Waals surface area contributed by atoms with Gasteiger partial charge in [-0.1, -0.05) is 24.3 Å². The zero-order valence-electron chi connectivity index (χ0n) is 14.9. The molecule has 0 aliphatic heterocycles. The normalized spacial score (nSPS) is 13.4. The Kier molecular flexibility index (Phi) is 4.78. The van der Waals surface area contributed by atoms with Gasteiger partial charge >= 0.3 is 5.97 Å². The number of ether oxygens (including phenoxy) is 1. The van der Waals surface area contributed by atoms with Crippen molar-refractivity contribution in [3.05, 3.63) is 53.4 Å². The number of carbonyl (C=O) groups excluding carboxylic acids is 1. The zero-order chi connectivity index (χ0) is 18.6. The average molecular weight is 365 g/mol. The summed E-state index contributed by atoms with van der Waals surface area (Å²) in [5.74, 6) is 0.705. The van der Waals surface area contributed by atoms with E-state index in [0.29, 0.717) is 24.2 Å². The molecular formula is C19H19N5O3. The SMILES string of the molecule is CCOC(=O)Cc1nnc(-c2ccc(NC3Cc4ccccc4C3)nn2)o1. The van der Waals surface area contributed by atoms with Gasteiger partial charge < -0.3 is 14.5 Å². The second-order valence-electron chi connectivity index (χ2n) is 6.30. The smallest absolute Gasteiger partial charge is 0.315 e. The summed E-state index contributed by atoms with van der Waals surface area (Å²) in [7, 11) is 0. The van der Waals surface area contributed by atoms with E-state index in [0.717, 1.165) is 12.8 Å². The maximum Gasteiger partial charge on any atom is 0.315 e. The first kappa shape index (κ1) is 17.1. The summed E-state index contributed by atoms with van der Waals surface area (Å²) in [5, 5.41) is 19.5. The predicted molar refractivity (Wildman–Crippen MR) is 96.9 cm³/mol. The van der Waals surface area contributed by atoms with Crippen molar-refractivity contribution in [1.29, 1.82) is 0 Å². The Morgan fingerprint density at radius 1 is 1.11 bits per heavy atom. The molecule has 1 aliphatic rings. The fraction of sp³-hybridized carbons (Fsp3) is 0.316. The van der Waals surface area contributed by atoms with Gasteiger partial charge in [-0.3, -0.25) is 4.79 Å². The van der Waals surface area contributed by atoms with Crippen LogP contribution in [0.15, 0.2) is 40.8 Å². The number of nitrogens with one attached hydrogen (secondary N) is 1. The van der Waals surface area contributed by atoms with E-state index in [-0.39, 0.29) is 18.2 Å². The number of carbonyl (C=O) groups is 1. The molecule has 2 aromatic heterocycles. The summed E-state index contributed by atoms with van der Waals surface area (Å²) in [4.78, 5) is 11.5. The molecule has 0 fully saturated rings. The maximum atomic E-state index is 11.5. The van der Waals surface area contributed by atoms with Crippen LogP contribution in [0.4, 0.5) is 5.82 Å². The number of hydrogen-bond donors (Lipinski definition) is 1. The fourth-order valence-corrected chi connectivity index (χ4v) is 3.16. The third-order valence-electron chi connectivity index (χ3n) is 4.35. The second kappa shape index (κ2) is 7.53. The molecule has 8 nitrogen and oxygen atoms in total. The quantitative estimate of drug-likeness (QED) is 0.663. The molecule has 27 heavy (non-hydrogen) atoms. The van der Waals surface area contributed by atoms with Gasteiger partial charge in [0.1, 0.15) is 17.9 Å². The van der Waals surface area contributed by atoms with E-state index >= 15 is 0 Å². The van der Waals surface area contributed by atoms with Crippen molar-refractivity contribution in [3.63, 3.8) is 0 Å². The number of aromatic nitrogens is 4. The lowest BCUT2D eigenvalue weighted by atomic mass is 10.1. The molecule has 0 bridgehead atoms. The van der Waals surface area contributed by atoms with Crippen LogP contribution in [0.2, 0.25) is 0 Å². The lowest BCUT2D eigenvalue weighted by Crippen LogP contribution is -2.20. The van der Waals surface area contributed by atoms with Crippen LogP contribution in [0.1, 0.15) is 23.9 Å². The molecule has 0 unspecified atom stereocenters. The van der Waals surface area contributed by atoms with Crippen molar-refractivity contribution in [1.82, 2.24) is 20.4 Å². The number of benzene rings is 1. The molecule has 0 radical (unpaired) electrons. The molecule has 1 N–H and O–H groups in total. The minimum Gasteiger partial charge on any atom is -0.466 e. The van der Waals surface area contributed by atoms with Gasteiger partial charge in [-0.2, -0.15) is 0 Å². The lowest BCUT2D eigenvalue weighted by molar-refractivity contribution is -0.142. The highest BCUT2D eigenvalue weighted by molar-refractivity contribution is 5.71. The number of esters is 1. The number of anilines is 1. The molecule has 0 saturated carbocycles. The van der Waals surface area contributed by atoms with Crippen LogP contribution >= 0.6 is 0 Å². The van der Waals surface area contributed by atoms with Crippen molar-refractivity contribution in [2.45, 2.75) is 32.2 Å². The van der Waals surface area contributed by atoms with Crippen LogP contribution in [-0.2, 0) is 28.8 Å². The van der Waals surface area contributed by atoms with Crippen LogP contribution in [0.3, 0.4) is 0 Å². The topological polar surface area (TPSA) is 103 Å². The third kappa shape index (κ3) is 3.94. The molecule has 1 aromatic carbocycles. The summed E-state index contributed by atoms with van der Waals surface area (Å²) in [6.45, 7) is 2.05. The summed E-state index contributed by atoms with van der Waals surface area (Å²) in [5.41, 5.74) is 3.21. The van der Waals surface area contributed by atoms with Crippen LogP contribution < -0.4 is 5.32 Å². The molecule has 4 rings (SSSR count). The van der Waals surface area contributed by atoms with E-state index in [2.05, 4.69) is 50.0 Å². The Balaban J connectivity index is 1.38. The number of rotatable bonds is 6. The largest absolute Gasteiger partial charge is 0.466 e. The first-order chi connectivity index (χ1) is 13.2. The first-order valence-electron chi connectivity index (χ1n) is 8.86. The van der Waals surface area contributed by atoms with Crippen LogP contribution in [-0.4, -0.2) is 39.0 Å². The van der Waals surface area contributed by atoms with Gasteiger partial charge in [0, 0.05) is 6.04 Å². The minimum atomic E-state index is -0.407. The third-order valence-corrected chi connectivity index (χ3v) is 4.35. The Morgan fingerprint density at radius 3 is 2.56 bits per heavy atom. The molecule has 1 aliphatic carbocycles. The maximum absolute atomic E-state index is 11.5. The predicted octanol–water partition coefficient (Wildman–Crippen LogP) is 2.21. The Labute approximate surface area is 156 Å². The van der Waals surface area contributed by atoms with E-state index in [1.807, 2.05) is 6.07 Å². The van der Waals surface area contributed by atoms with Crippen LogP contribution in [0.5, 0.6) is 0 Å². The van der Waals surface area contributed by atoms with Gasteiger partial charge in [0.15, 0.2) is 0 Å². The summed E-state index contributed by atoms with van der Waals surface area (Å²) in [6, 6.07) is 12.4. The highest BCUT2D eigenvalue weighted by atomic mass is 16.5. The molecule has 8 heteroatoms. The fourth-order valence-electron chi connectivity index (χ4n) is 3.16. The van der Waals surface area contributed by atoms with Crippen molar-refractivity contribution in [3.8, 4) is 11.6 Å². The number of fused-ring (bicyclic) bond motifs is 1. The molecule has 138 valence electrons. The van der Waals surface area contributed by atoms with Gasteiger partial charge in [0.05, 0.1) is 6.61 Å². The summed E-state index contributed by atoms with van der Waals surface area (Å²) in [6.07, 6.45) is 1.89. The van der Waals surface area contributed by atoms with Crippen LogP contribution in [0.25, 0.3) is 11.6 Å². The van der Waals surface area contributed by atoms with E-state index < -0.39 is 5.97 Å². The van der Waals surface area contributed by atoms with Crippen LogP contribution in [0, 0.1) is 0 Å². The van der Waals surface area contributed by atoms with Gasteiger partial charge in [-0.15, -0.1) is 20.4 Å². The molecule has 0 amide bonds. The van der Waals surface area contributed by atoms with Gasteiger partial charge in [-0.05, 0) is 43.0 Å². The summed E-state index contributed by atoms with van der Waals surface area (Å²) < 4.78 is 10.3. The molecule has 0 atom stereocenters. The van der Waals surface area contributed by atoms with Crippen molar-refractivity contribution in [2.75, 3.05) is 11.9 Å². The van der Waals surface area contributed by atoms with E-state index in [1.54, 1.807) is 13.0 Å². The second-order valence-corrected chi connectivity index (χ2v) is 6.30. The summed E-state index contributed by atoms with van der Waals surface area (Å²) >= 11 is 0. The average Bonchev–Trinajstić information content (AvgIpc) is 3.29. The molecular weight excluding hydrogens is 346 g/mol. The molecule has 3 aromatic rings. The van der Waals surface area contributed by atoms with Gasteiger partial charge in [0.2, 0.25) is 5.89 Å². The monoisotopic (exact) mass is 365 g/mol. The van der Waals surface area contributed by atoms with Crippen molar-refractivity contribution in [2.24, 2.45) is 0 Å². The van der Waals surface area contributed by atoms with Gasteiger partial charge in [0.25, 0.3) is 5.89 Å². The standard InChI is InChI=1S/C19H19N5O3/c1-2-26-18(25)11-17-23-24-19(27-17)15-7-8-16(22-21-15)20-14-9-12-5-3-4-6-13(12)10-14/h3-8,14H,2,9-11H2,1H3,(H,20,22). The molecule has 0 spiro atoms. The van der Waals surface area contributed by atoms with Crippen molar-refractivity contribution >= 4 is 11.8 Å². The zero-order valence-corrected chi connectivity index (χ0v) is 14.9. The van der Waals surface area contributed by atoms with E-state index in [9.17, 15) is 4.79 Å². The van der Waals surface area contributed by atoms with Crippen molar-refractivity contribution < 1.29 is 13.9 Å². The van der Waals surface area contributed by atoms with E-state index in [1.165, 1.54) is 11.1 Å². The molecule has 0 saturated heterocycles. The van der Waals surface area contributed by atoms with E-state index in [4.69, 9.17) is 9.15 Å². The Hall–Kier alpha value is -3.29. The Bertz CT molecular complexity index is 914.